The summed E-state index contributed by atoms with van der Waals surface area (Å²) in [5.74, 6) is -0.175. The quantitative estimate of drug-likeness (QED) is 0.757. The van der Waals surface area contributed by atoms with E-state index in [1.807, 2.05) is 13.8 Å². The van der Waals surface area contributed by atoms with Crippen LogP contribution < -0.4 is 11.1 Å². The molecule has 0 unspecified atom stereocenters. The summed E-state index contributed by atoms with van der Waals surface area (Å²) in [4.78, 5) is 24.9. The van der Waals surface area contributed by atoms with Crippen molar-refractivity contribution < 1.29 is 9.59 Å². The number of rotatable bonds is 4. The van der Waals surface area contributed by atoms with E-state index in [2.05, 4.69) is 5.32 Å². The first-order valence-electron chi connectivity index (χ1n) is 5.83. The van der Waals surface area contributed by atoms with Gasteiger partial charge < -0.3 is 16.0 Å². The zero-order valence-electron chi connectivity index (χ0n) is 10.4. The third-order valence-corrected chi connectivity index (χ3v) is 2.89. The fraction of sp³-hybridized carbons (Fsp3) is 0.818. The third-order valence-electron chi connectivity index (χ3n) is 2.89. The van der Waals surface area contributed by atoms with E-state index in [1.165, 1.54) is 0 Å². The molecule has 3 N–H and O–H groups in total. The minimum Gasteiger partial charge on any atom is -0.346 e. The van der Waals surface area contributed by atoms with Gasteiger partial charge in [-0.2, -0.15) is 0 Å². The highest BCUT2D eigenvalue weighted by molar-refractivity contribution is 5.87. The Bertz CT molecular complexity index is 251. The molecule has 5 nitrogen and oxygen atoms in total. The van der Waals surface area contributed by atoms with E-state index < -0.39 is 6.04 Å². The lowest BCUT2D eigenvalue weighted by atomic mass is 10.1. The smallest absolute Gasteiger partial charge is 0.241 e. The molecule has 0 spiro atoms. The van der Waals surface area contributed by atoms with E-state index in [0.29, 0.717) is 0 Å². The van der Waals surface area contributed by atoms with Crippen molar-refractivity contribution in [2.24, 2.45) is 11.7 Å². The standard InChI is InChI=1S/C11H21N3O2.ClH/c1-8(2)10(12)11(16)13-7-9(15)14-5-3-4-6-14;/h8,10H,3-7,12H2,1-2H3,(H,13,16);1H/t10-;/m0./s1. The van der Waals surface area contributed by atoms with E-state index in [4.69, 9.17) is 5.73 Å². The van der Waals surface area contributed by atoms with Crippen molar-refractivity contribution in [1.29, 1.82) is 0 Å². The SMILES string of the molecule is CC(C)[C@H](N)C(=O)NCC(=O)N1CCCC1.Cl. The average Bonchev–Trinajstić information content (AvgIpc) is 2.77. The number of carbonyl (C=O) groups is 2. The maximum atomic E-state index is 11.6. The van der Waals surface area contributed by atoms with Crippen LogP contribution in [0.1, 0.15) is 26.7 Å². The maximum Gasteiger partial charge on any atom is 0.241 e. The molecule has 0 aliphatic carbocycles. The van der Waals surface area contributed by atoms with Crippen molar-refractivity contribution in [3.8, 4) is 0 Å². The van der Waals surface area contributed by atoms with Crippen molar-refractivity contribution in [2.75, 3.05) is 19.6 Å². The molecule has 2 amide bonds. The molecule has 1 atom stereocenters. The van der Waals surface area contributed by atoms with Crippen LogP contribution in [0.4, 0.5) is 0 Å². The Balaban J connectivity index is 0.00000256. The Kier molecular flexibility index (Phi) is 7.15. The van der Waals surface area contributed by atoms with Crippen LogP contribution in [-0.4, -0.2) is 42.4 Å². The van der Waals surface area contributed by atoms with Gasteiger partial charge in [0.1, 0.15) is 0 Å². The molecule has 0 radical (unpaired) electrons. The van der Waals surface area contributed by atoms with Crippen LogP contribution in [0.3, 0.4) is 0 Å². The van der Waals surface area contributed by atoms with E-state index in [1.54, 1.807) is 4.90 Å². The Hall–Kier alpha value is -0.810. The Morgan fingerprint density at radius 1 is 1.29 bits per heavy atom. The summed E-state index contributed by atoms with van der Waals surface area (Å²) in [6.07, 6.45) is 2.12. The molecule has 1 aliphatic rings. The summed E-state index contributed by atoms with van der Waals surface area (Å²) >= 11 is 0. The number of amides is 2. The fourth-order valence-electron chi connectivity index (χ4n) is 1.66. The van der Waals surface area contributed by atoms with Crippen LogP contribution >= 0.6 is 12.4 Å². The van der Waals surface area contributed by atoms with Crippen LogP contribution in [0, 0.1) is 5.92 Å². The van der Waals surface area contributed by atoms with Gasteiger partial charge in [0, 0.05) is 13.1 Å². The Morgan fingerprint density at radius 3 is 2.29 bits per heavy atom. The number of nitrogens with zero attached hydrogens (tertiary/aromatic N) is 1. The predicted molar refractivity (Wildman–Crippen MR) is 68.9 cm³/mol. The minimum absolute atomic E-state index is 0. The number of nitrogens with two attached hydrogens (primary N) is 1. The number of hydrogen-bond acceptors (Lipinski definition) is 3. The highest BCUT2D eigenvalue weighted by Gasteiger charge is 2.21. The second-order valence-electron chi connectivity index (χ2n) is 4.58. The summed E-state index contributed by atoms with van der Waals surface area (Å²) in [6, 6.07) is -0.536. The highest BCUT2D eigenvalue weighted by Crippen LogP contribution is 2.06. The van der Waals surface area contributed by atoms with Crippen molar-refractivity contribution >= 4 is 24.2 Å². The summed E-state index contributed by atoms with van der Waals surface area (Å²) < 4.78 is 0. The molecule has 0 aromatic carbocycles. The van der Waals surface area contributed by atoms with Gasteiger partial charge in [0.2, 0.25) is 11.8 Å². The zero-order valence-corrected chi connectivity index (χ0v) is 11.3. The lowest BCUT2D eigenvalue weighted by molar-refractivity contribution is -0.132. The Labute approximate surface area is 109 Å². The molecule has 0 bridgehead atoms. The van der Waals surface area contributed by atoms with Gasteiger partial charge in [0.15, 0.2) is 0 Å². The number of carbonyl (C=O) groups excluding carboxylic acids is 2. The van der Waals surface area contributed by atoms with Gasteiger partial charge in [0.05, 0.1) is 12.6 Å². The molecule has 1 aliphatic heterocycles. The molecular weight excluding hydrogens is 242 g/mol. The van der Waals surface area contributed by atoms with Gasteiger partial charge in [0.25, 0.3) is 0 Å². The van der Waals surface area contributed by atoms with Crippen LogP contribution in [0.25, 0.3) is 0 Å². The van der Waals surface area contributed by atoms with Crippen molar-refractivity contribution in [3.63, 3.8) is 0 Å². The summed E-state index contributed by atoms with van der Waals surface area (Å²) in [5.41, 5.74) is 5.66. The van der Waals surface area contributed by atoms with Crippen molar-refractivity contribution in [1.82, 2.24) is 10.2 Å². The molecule has 0 aromatic rings. The normalized spacial score (nSPS) is 16.6. The first-order chi connectivity index (χ1) is 7.52. The minimum atomic E-state index is -0.536. The van der Waals surface area contributed by atoms with Crippen LogP contribution in [-0.2, 0) is 9.59 Å². The molecule has 1 rings (SSSR count). The van der Waals surface area contributed by atoms with Gasteiger partial charge in [-0.1, -0.05) is 13.8 Å². The molecule has 1 saturated heterocycles. The summed E-state index contributed by atoms with van der Waals surface area (Å²) in [7, 11) is 0. The second kappa shape index (κ2) is 7.50. The van der Waals surface area contributed by atoms with E-state index in [-0.39, 0.29) is 36.7 Å². The van der Waals surface area contributed by atoms with Gasteiger partial charge in [-0.25, -0.2) is 0 Å². The molecule has 6 heteroatoms. The number of likely N-dealkylation sites (tertiary alicyclic amines) is 1. The van der Waals surface area contributed by atoms with Gasteiger partial charge in [-0.3, -0.25) is 9.59 Å². The zero-order chi connectivity index (χ0) is 12.1. The summed E-state index contributed by atoms with van der Waals surface area (Å²) in [6.45, 7) is 5.45. The fourth-order valence-corrected chi connectivity index (χ4v) is 1.66. The molecule has 100 valence electrons. The average molecular weight is 264 g/mol. The van der Waals surface area contributed by atoms with Crippen LogP contribution in [0.5, 0.6) is 0 Å². The molecule has 0 aromatic heterocycles. The predicted octanol–water partition coefficient (Wildman–Crippen LogP) is 0.130. The van der Waals surface area contributed by atoms with Crippen LogP contribution in [0.2, 0.25) is 0 Å². The lowest BCUT2D eigenvalue weighted by Crippen LogP contribution is -2.47. The third kappa shape index (κ3) is 4.91. The summed E-state index contributed by atoms with van der Waals surface area (Å²) in [5, 5.41) is 2.59. The monoisotopic (exact) mass is 263 g/mol. The molecular formula is C11H22ClN3O2. The van der Waals surface area contributed by atoms with Crippen molar-refractivity contribution in [2.45, 2.75) is 32.7 Å². The van der Waals surface area contributed by atoms with E-state index in [9.17, 15) is 9.59 Å². The molecule has 17 heavy (non-hydrogen) atoms. The topological polar surface area (TPSA) is 75.4 Å². The maximum absolute atomic E-state index is 11.6. The lowest BCUT2D eigenvalue weighted by Gasteiger charge is -2.18. The molecule has 0 saturated carbocycles. The van der Waals surface area contributed by atoms with Gasteiger partial charge in [-0.15, -0.1) is 12.4 Å². The van der Waals surface area contributed by atoms with E-state index >= 15 is 0 Å². The number of hydrogen-bond donors (Lipinski definition) is 2. The van der Waals surface area contributed by atoms with E-state index in [0.717, 1.165) is 25.9 Å². The largest absolute Gasteiger partial charge is 0.346 e. The second-order valence-corrected chi connectivity index (χ2v) is 4.58. The molecule has 1 heterocycles. The highest BCUT2D eigenvalue weighted by atomic mass is 35.5. The van der Waals surface area contributed by atoms with Crippen LogP contribution in [0.15, 0.2) is 0 Å². The number of halogens is 1. The molecule has 1 fully saturated rings. The first-order valence-corrected chi connectivity index (χ1v) is 5.83. The first kappa shape index (κ1) is 16.2. The Morgan fingerprint density at radius 2 is 1.82 bits per heavy atom. The van der Waals surface area contributed by atoms with Gasteiger partial charge >= 0.3 is 0 Å². The number of nitrogens with one attached hydrogen (secondary N) is 1. The van der Waals surface area contributed by atoms with Gasteiger partial charge in [-0.05, 0) is 18.8 Å². The van der Waals surface area contributed by atoms with Crippen molar-refractivity contribution in [3.05, 3.63) is 0 Å².